The van der Waals surface area contributed by atoms with Gasteiger partial charge >= 0.3 is 21.1 Å². The molecule has 0 unspecified atom stereocenters. The van der Waals surface area contributed by atoms with E-state index in [2.05, 4.69) is 268 Å². The third-order valence-electron chi connectivity index (χ3n) is 14.3. The molecule has 0 spiro atoms. The largest absolute Gasteiger partial charge is 4.00 e. The molecule has 1 aliphatic rings. The van der Waals surface area contributed by atoms with E-state index in [1.165, 1.54) is 38.9 Å². The average Bonchev–Trinajstić information content (AvgIpc) is 3.89. The van der Waals surface area contributed by atoms with Crippen LogP contribution in [-0.4, -0.2) is 9.55 Å². The fourth-order valence-electron chi connectivity index (χ4n) is 10.1. The van der Waals surface area contributed by atoms with Crippen molar-refractivity contribution in [2.24, 2.45) is 0 Å². The third kappa shape index (κ3) is 9.66. The summed E-state index contributed by atoms with van der Waals surface area (Å²) in [5.74, 6) is 2.67. The number of ether oxygens (including phenoxy) is 1. The van der Waals surface area contributed by atoms with Crippen molar-refractivity contribution < 1.29 is 25.8 Å². The van der Waals surface area contributed by atoms with Gasteiger partial charge < -0.3 is 26.5 Å². The summed E-state index contributed by atoms with van der Waals surface area (Å²) < 4.78 is 9.34. The van der Waals surface area contributed by atoms with Gasteiger partial charge in [-0.2, -0.15) is 6.07 Å². The van der Waals surface area contributed by atoms with Crippen molar-refractivity contribution in [2.45, 2.75) is 111 Å². The zero-order valence-electron chi connectivity index (χ0n) is 44.3. The number of benzene rings is 7. The zero-order chi connectivity index (χ0) is 49.3. The van der Waals surface area contributed by atoms with E-state index < -0.39 is 0 Å². The number of fused-ring (bicyclic) bond motifs is 4. The van der Waals surface area contributed by atoms with E-state index in [0.29, 0.717) is 23.3 Å². The molecule has 6 heteroatoms. The van der Waals surface area contributed by atoms with Crippen molar-refractivity contribution in [1.29, 1.82) is 0 Å². The molecule has 7 aromatic carbocycles. The van der Waals surface area contributed by atoms with Crippen LogP contribution in [0, 0.1) is 26.2 Å². The Morgan fingerprint density at radius 1 is 0.542 bits per heavy atom. The van der Waals surface area contributed by atoms with Gasteiger partial charge in [0.05, 0.1) is 0 Å². The summed E-state index contributed by atoms with van der Waals surface area (Å²) in [4.78, 5) is 9.55. The van der Waals surface area contributed by atoms with E-state index in [1.54, 1.807) is 0 Å². The van der Waals surface area contributed by atoms with Crippen LogP contribution < -0.4 is 14.5 Å². The molecule has 0 atom stereocenters. The van der Waals surface area contributed by atoms with Crippen LogP contribution in [-0.2, 0) is 37.3 Å². The SMILES string of the molecule is CC(C)c1cccc(C(C)C)c1-c1cc(Oc2[c-]c3c(cc2)c2cc(C(C)(C)C)ccc2n3-c2cc(C(C)(C)C)ccn2)[c-]c(N2[CH-]N(c3cccc(C(C)(C)c4ccccc4)c3)c3ccccc32)c1.[CH3-].[Pt+4]. The summed E-state index contributed by atoms with van der Waals surface area (Å²) >= 11 is 0. The second-order valence-corrected chi connectivity index (χ2v) is 22.3. The molecular weight excluding hydrogens is 1060 g/mol. The Kier molecular flexibility index (Phi) is 14.3. The van der Waals surface area contributed by atoms with Crippen LogP contribution in [0.25, 0.3) is 38.8 Å². The average molecular weight is 1130 g/mol. The van der Waals surface area contributed by atoms with Gasteiger partial charge in [-0.25, -0.2) is 4.98 Å². The standard InChI is InChI=1S/C65H65N4O.CH3.Pt/c1-42(2)53-24-19-25-54(43(3)4)62(53)44-34-50(68-41-67(58-26-16-17-27-59(58)68)49-23-18-22-48(36-49)65(11,12)45-20-14-13-15-21-45)39-52(35-44)70-51-29-30-55-56-37-46(63(5,6)7)28-31-57(56)69(60(55)40-51)61-38-47(32-33-66-61)64(8,9)10;;/h13-38,41-43H,1-12H3;1H3;/q-3;-1;+4. The van der Waals surface area contributed by atoms with Gasteiger partial charge in [-0.05, 0) is 109 Å². The minimum atomic E-state index is -0.195. The molecule has 72 heavy (non-hydrogen) atoms. The quantitative estimate of drug-likeness (QED) is 0.128. The molecular formula is C66H68N4OPt. The Morgan fingerprint density at radius 2 is 1.17 bits per heavy atom. The van der Waals surface area contributed by atoms with Crippen molar-refractivity contribution in [3.63, 3.8) is 0 Å². The minimum absolute atomic E-state index is 0. The van der Waals surface area contributed by atoms with Crippen molar-refractivity contribution in [1.82, 2.24) is 9.55 Å². The van der Waals surface area contributed by atoms with E-state index in [-0.39, 0.29) is 44.7 Å². The van der Waals surface area contributed by atoms with Gasteiger partial charge in [0, 0.05) is 45.7 Å². The molecule has 0 N–H and O–H groups in total. The second kappa shape index (κ2) is 19.9. The number of hydrogen-bond acceptors (Lipinski definition) is 4. The number of anilines is 4. The molecule has 5 nitrogen and oxygen atoms in total. The minimum Gasteiger partial charge on any atom is -0.509 e. The molecule has 3 heterocycles. The van der Waals surface area contributed by atoms with E-state index in [1.807, 2.05) is 6.20 Å². The Labute approximate surface area is 444 Å². The maximum atomic E-state index is 7.09. The first-order valence-electron chi connectivity index (χ1n) is 24.9. The Bertz CT molecular complexity index is 3380. The molecule has 1 aliphatic heterocycles. The Morgan fingerprint density at radius 3 is 1.83 bits per heavy atom. The first kappa shape index (κ1) is 51.9. The number of hydrogen-bond donors (Lipinski definition) is 0. The zero-order valence-corrected chi connectivity index (χ0v) is 46.5. The third-order valence-corrected chi connectivity index (χ3v) is 14.3. The van der Waals surface area contributed by atoms with Gasteiger partial charge in [0.1, 0.15) is 5.82 Å². The number of rotatable bonds is 10. The summed E-state index contributed by atoms with van der Waals surface area (Å²) in [6.45, 7) is 29.5. The van der Waals surface area contributed by atoms with Crippen LogP contribution in [0.3, 0.4) is 0 Å². The fraction of sp³-hybridized carbons (Fsp3) is 0.258. The maximum Gasteiger partial charge on any atom is 4.00 e. The maximum absolute atomic E-state index is 7.09. The number of aromatic nitrogens is 2. The van der Waals surface area contributed by atoms with E-state index >= 15 is 0 Å². The Hall–Kier alpha value is -6.42. The van der Waals surface area contributed by atoms with Crippen LogP contribution in [0.15, 0.2) is 158 Å². The van der Waals surface area contributed by atoms with Crippen molar-refractivity contribution >= 4 is 44.6 Å². The molecule has 9 aromatic rings. The molecule has 0 fully saturated rings. The molecule has 0 aliphatic carbocycles. The summed E-state index contributed by atoms with van der Waals surface area (Å²) in [5, 5.41) is 2.26. The summed E-state index contributed by atoms with van der Waals surface area (Å²) in [5.41, 5.74) is 15.8. The van der Waals surface area contributed by atoms with Gasteiger partial charge in [-0.3, -0.25) is 0 Å². The molecule has 2 aromatic heterocycles. The van der Waals surface area contributed by atoms with Crippen molar-refractivity contribution in [3.8, 4) is 28.4 Å². The van der Waals surface area contributed by atoms with E-state index in [9.17, 15) is 0 Å². The van der Waals surface area contributed by atoms with Crippen molar-refractivity contribution in [2.75, 3.05) is 9.80 Å². The van der Waals surface area contributed by atoms with Crippen LogP contribution in [0.5, 0.6) is 11.5 Å². The predicted octanol–water partition coefficient (Wildman–Crippen LogP) is 18.3. The number of nitrogens with zero attached hydrogens (tertiary/aromatic N) is 4. The van der Waals surface area contributed by atoms with Gasteiger partial charge in [0.15, 0.2) is 0 Å². The molecule has 0 saturated heterocycles. The molecule has 0 bridgehead atoms. The van der Waals surface area contributed by atoms with Crippen LogP contribution in [0.4, 0.5) is 22.7 Å². The molecule has 368 valence electrons. The summed E-state index contributed by atoms with van der Waals surface area (Å²) in [6, 6.07) is 62.5. The second-order valence-electron chi connectivity index (χ2n) is 22.3. The van der Waals surface area contributed by atoms with Gasteiger partial charge in [-0.15, -0.1) is 53.6 Å². The topological polar surface area (TPSA) is 33.5 Å². The van der Waals surface area contributed by atoms with Crippen molar-refractivity contribution in [3.05, 3.63) is 217 Å². The first-order valence-corrected chi connectivity index (χ1v) is 24.9. The van der Waals surface area contributed by atoms with Gasteiger partial charge in [0.25, 0.3) is 0 Å². The molecule has 0 saturated carbocycles. The monoisotopic (exact) mass is 1130 g/mol. The number of pyridine rings is 1. The first-order chi connectivity index (χ1) is 33.4. The van der Waals surface area contributed by atoms with Gasteiger partial charge in [-0.1, -0.05) is 174 Å². The Balaban J connectivity index is 0.00000347. The fourth-order valence-corrected chi connectivity index (χ4v) is 10.1. The molecule has 0 amide bonds. The van der Waals surface area contributed by atoms with Crippen LogP contribution in [0.2, 0.25) is 0 Å². The molecule has 10 rings (SSSR count). The van der Waals surface area contributed by atoms with E-state index in [0.717, 1.165) is 55.9 Å². The molecule has 0 radical (unpaired) electrons. The predicted molar refractivity (Wildman–Crippen MR) is 300 cm³/mol. The summed E-state index contributed by atoms with van der Waals surface area (Å²) in [6.07, 6.45) is 1.93. The van der Waals surface area contributed by atoms with Crippen LogP contribution >= 0.6 is 0 Å². The smallest absolute Gasteiger partial charge is 0.509 e. The number of para-hydroxylation sites is 2. The van der Waals surface area contributed by atoms with E-state index in [4.69, 9.17) is 9.72 Å². The van der Waals surface area contributed by atoms with Crippen LogP contribution in [0.1, 0.15) is 128 Å². The van der Waals surface area contributed by atoms with Gasteiger partial charge in [0.2, 0.25) is 0 Å². The summed E-state index contributed by atoms with van der Waals surface area (Å²) in [7, 11) is 0. The normalized spacial score (nSPS) is 12.9.